The standard InChI is InChI=1S/C22H35N7O4/c1-4-7-15(24-20(23)33)18(31)29-11-9-22(14-29)8-5-6-10-28(13-22)19(32)16-12-17(30)26-21(25-16)27(2)3/h12,15H,4-11,13-14H2,1-3H3,(H3,23,24,33)(H,25,26,30). The number of carbonyl (C=O) groups is 3. The van der Waals surface area contributed by atoms with Gasteiger partial charge in [-0.2, -0.15) is 0 Å². The fraction of sp³-hybridized carbons (Fsp3) is 0.682. The molecular weight excluding hydrogens is 426 g/mol. The topological polar surface area (TPSA) is 145 Å². The maximum atomic E-state index is 13.3. The molecule has 0 aromatic carbocycles. The van der Waals surface area contributed by atoms with Gasteiger partial charge in [0.2, 0.25) is 11.9 Å². The Hall–Kier alpha value is -3.11. The predicted octanol–water partition coefficient (Wildman–Crippen LogP) is 0.518. The van der Waals surface area contributed by atoms with E-state index in [0.29, 0.717) is 38.5 Å². The normalized spacial score (nSPS) is 21.5. The Morgan fingerprint density at radius 2 is 1.94 bits per heavy atom. The van der Waals surface area contributed by atoms with Gasteiger partial charge in [-0.15, -0.1) is 0 Å². The molecule has 2 aliphatic heterocycles. The van der Waals surface area contributed by atoms with Crippen molar-refractivity contribution in [1.29, 1.82) is 0 Å². The van der Waals surface area contributed by atoms with Crippen LogP contribution >= 0.6 is 0 Å². The smallest absolute Gasteiger partial charge is 0.312 e. The van der Waals surface area contributed by atoms with Crippen molar-refractivity contribution in [3.63, 3.8) is 0 Å². The lowest BCUT2D eigenvalue weighted by molar-refractivity contribution is -0.132. The predicted molar refractivity (Wildman–Crippen MR) is 124 cm³/mol. The number of likely N-dealkylation sites (tertiary alicyclic amines) is 2. The Morgan fingerprint density at radius 3 is 2.61 bits per heavy atom. The molecule has 2 atom stereocenters. The Balaban J connectivity index is 1.76. The molecular formula is C22H35N7O4. The van der Waals surface area contributed by atoms with Gasteiger partial charge in [-0.05, 0) is 25.7 Å². The summed E-state index contributed by atoms with van der Waals surface area (Å²) in [6.07, 6.45) is 4.77. The average molecular weight is 462 g/mol. The van der Waals surface area contributed by atoms with E-state index in [1.807, 2.05) is 6.92 Å². The SMILES string of the molecule is CCCC(NC(N)=O)C(=O)N1CCC2(CCCCN(C(=O)c3cc(=O)[nH]c(N(C)C)n3)C2)C1. The van der Waals surface area contributed by atoms with Crippen LogP contribution in [0.25, 0.3) is 0 Å². The number of urea groups is 1. The molecule has 11 heteroatoms. The van der Waals surface area contributed by atoms with E-state index in [9.17, 15) is 19.2 Å². The molecule has 2 fully saturated rings. The lowest BCUT2D eigenvalue weighted by atomic mass is 9.82. The number of amides is 4. The highest BCUT2D eigenvalue weighted by atomic mass is 16.2. The van der Waals surface area contributed by atoms with Crippen molar-refractivity contribution in [1.82, 2.24) is 25.1 Å². The van der Waals surface area contributed by atoms with Crippen molar-refractivity contribution >= 4 is 23.8 Å². The third-order valence-corrected chi connectivity index (χ3v) is 6.51. The van der Waals surface area contributed by atoms with Crippen molar-refractivity contribution in [3.8, 4) is 0 Å². The Bertz CT molecular complexity index is 947. The molecule has 1 aromatic rings. The van der Waals surface area contributed by atoms with Crippen molar-refractivity contribution in [2.75, 3.05) is 45.2 Å². The molecule has 2 aliphatic rings. The Morgan fingerprint density at radius 1 is 1.21 bits per heavy atom. The van der Waals surface area contributed by atoms with E-state index in [2.05, 4.69) is 15.3 Å². The number of rotatable bonds is 6. The van der Waals surface area contributed by atoms with E-state index in [1.54, 1.807) is 28.8 Å². The zero-order chi connectivity index (χ0) is 24.2. The van der Waals surface area contributed by atoms with Gasteiger partial charge in [-0.1, -0.05) is 19.8 Å². The summed E-state index contributed by atoms with van der Waals surface area (Å²) in [5.41, 5.74) is 4.81. The van der Waals surface area contributed by atoms with Crippen LogP contribution in [0.5, 0.6) is 0 Å². The molecule has 0 radical (unpaired) electrons. The van der Waals surface area contributed by atoms with Gasteiger partial charge in [-0.3, -0.25) is 19.4 Å². The van der Waals surface area contributed by atoms with Gasteiger partial charge in [0.05, 0.1) is 0 Å². The third kappa shape index (κ3) is 5.82. The number of aromatic amines is 1. The number of carbonyl (C=O) groups excluding carboxylic acids is 3. The molecule has 33 heavy (non-hydrogen) atoms. The highest BCUT2D eigenvalue weighted by Crippen LogP contribution is 2.39. The summed E-state index contributed by atoms with van der Waals surface area (Å²) in [5.74, 6) is -0.0621. The molecule has 2 saturated heterocycles. The molecule has 4 amide bonds. The van der Waals surface area contributed by atoms with Crippen LogP contribution in [0.2, 0.25) is 0 Å². The highest BCUT2D eigenvalue weighted by molar-refractivity contribution is 5.92. The quantitative estimate of drug-likeness (QED) is 0.563. The zero-order valence-electron chi connectivity index (χ0n) is 19.7. The van der Waals surface area contributed by atoms with Gasteiger partial charge in [-0.25, -0.2) is 9.78 Å². The van der Waals surface area contributed by atoms with Crippen LogP contribution < -0.4 is 21.5 Å². The van der Waals surface area contributed by atoms with Crippen LogP contribution in [0.4, 0.5) is 10.7 Å². The van der Waals surface area contributed by atoms with Gasteiger partial charge >= 0.3 is 6.03 Å². The number of nitrogens with two attached hydrogens (primary N) is 1. The first-order valence-electron chi connectivity index (χ1n) is 11.6. The molecule has 1 spiro atoms. The van der Waals surface area contributed by atoms with Crippen LogP contribution in [-0.2, 0) is 4.79 Å². The second kappa shape index (κ2) is 10.2. The minimum Gasteiger partial charge on any atom is -0.352 e. The number of primary amides is 1. The van der Waals surface area contributed by atoms with Gasteiger partial charge < -0.3 is 25.8 Å². The molecule has 4 N–H and O–H groups in total. The molecule has 182 valence electrons. The van der Waals surface area contributed by atoms with E-state index in [1.165, 1.54) is 6.07 Å². The highest BCUT2D eigenvalue weighted by Gasteiger charge is 2.44. The Kier molecular flexibility index (Phi) is 7.60. The number of hydrogen-bond donors (Lipinski definition) is 3. The van der Waals surface area contributed by atoms with E-state index in [0.717, 1.165) is 32.1 Å². The maximum absolute atomic E-state index is 13.3. The zero-order valence-corrected chi connectivity index (χ0v) is 19.7. The number of H-pyrrole nitrogens is 1. The van der Waals surface area contributed by atoms with Crippen molar-refractivity contribution in [2.45, 2.75) is 51.5 Å². The average Bonchev–Trinajstić information content (AvgIpc) is 3.05. The summed E-state index contributed by atoms with van der Waals surface area (Å²) in [6.45, 7) is 4.15. The van der Waals surface area contributed by atoms with Crippen LogP contribution in [-0.4, -0.2) is 83.9 Å². The Labute approximate surface area is 193 Å². The summed E-state index contributed by atoms with van der Waals surface area (Å²) >= 11 is 0. The van der Waals surface area contributed by atoms with E-state index >= 15 is 0 Å². The molecule has 1 aromatic heterocycles. The van der Waals surface area contributed by atoms with Crippen molar-refractivity contribution < 1.29 is 14.4 Å². The molecule has 11 nitrogen and oxygen atoms in total. The van der Waals surface area contributed by atoms with E-state index in [4.69, 9.17) is 5.73 Å². The molecule has 0 saturated carbocycles. The number of aromatic nitrogens is 2. The minimum atomic E-state index is -0.704. The lowest BCUT2D eigenvalue weighted by Crippen LogP contribution is -2.50. The number of hydrogen-bond acceptors (Lipinski definition) is 6. The molecule has 3 rings (SSSR count). The van der Waals surface area contributed by atoms with Gasteiger partial charge in [0.15, 0.2) is 0 Å². The number of nitrogens with zero attached hydrogens (tertiary/aromatic N) is 4. The second-order valence-electron chi connectivity index (χ2n) is 9.39. The first-order chi connectivity index (χ1) is 15.6. The van der Waals surface area contributed by atoms with Crippen LogP contribution in [0.1, 0.15) is 55.9 Å². The van der Waals surface area contributed by atoms with Gasteiger partial charge in [0.1, 0.15) is 11.7 Å². The minimum absolute atomic E-state index is 0.124. The van der Waals surface area contributed by atoms with Crippen LogP contribution in [0.3, 0.4) is 0 Å². The van der Waals surface area contributed by atoms with Gasteiger partial charge in [0, 0.05) is 51.8 Å². The largest absolute Gasteiger partial charge is 0.352 e. The summed E-state index contributed by atoms with van der Waals surface area (Å²) in [5, 5.41) is 2.57. The summed E-state index contributed by atoms with van der Waals surface area (Å²) in [7, 11) is 3.49. The lowest BCUT2D eigenvalue weighted by Gasteiger charge is -2.33. The first-order valence-corrected chi connectivity index (χ1v) is 11.6. The first kappa shape index (κ1) is 24.5. The van der Waals surface area contributed by atoms with Crippen molar-refractivity contribution in [2.24, 2.45) is 11.1 Å². The summed E-state index contributed by atoms with van der Waals surface area (Å²) in [6, 6.07) is -0.0948. The summed E-state index contributed by atoms with van der Waals surface area (Å²) in [4.78, 5) is 62.0. The van der Waals surface area contributed by atoms with Gasteiger partial charge in [0.25, 0.3) is 11.5 Å². The molecule has 3 heterocycles. The molecule has 2 unspecified atom stereocenters. The fourth-order valence-corrected chi connectivity index (χ4v) is 4.86. The molecule has 0 aliphatic carbocycles. The maximum Gasteiger partial charge on any atom is 0.312 e. The monoisotopic (exact) mass is 461 g/mol. The third-order valence-electron chi connectivity index (χ3n) is 6.51. The molecule has 0 bridgehead atoms. The van der Waals surface area contributed by atoms with Crippen molar-refractivity contribution in [3.05, 3.63) is 22.1 Å². The number of anilines is 1. The fourth-order valence-electron chi connectivity index (χ4n) is 4.86. The van der Waals surface area contributed by atoms with E-state index in [-0.39, 0.29) is 28.5 Å². The van der Waals surface area contributed by atoms with Crippen LogP contribution in [0, 0.1) is 5.41 Å². The van der Waals surface area contributed by atoms with E-state index < -0.39 is 12.1 Å². The number of nitrogens with one attached hydrogen (secondary N) is 2. The van der Waals surface area contributed by atoms with Crippen LogP contribution in [0.15, 0.2) is 10.9 Å². The summed E-state index contributed by atoms with van der Waals surface area (Å²) < 4.78 is 0. The second-order valence-corrected chi connectivity index (χ2v) is 9.39.